The maximum absolute atomic E-state index is 5.31. The molecule has 0 aromatic heterocycles. The van der Waals surface area contributed by atoms with Gasteiger partial charge in [0.15, 0.2) is 5.96 Å². The van der Waals surface area contributed by atoms with Gasteiger partial charge in [-0.25, -0.2) is 0 Å². The zero-order valence-corrected chi connectivity index (χ0v) is 15.5. The molecule has 0 unspecified atom stereocenters. The van der Waals surface area contributed by atoms with E-state index in [1.54, 1.807) is 7.11 Å². The van der Waals surface area contributed by atoms with Crippen molar-refractivity contribution in [3.8, 4) is 0 Å². The standard InChI is InChI=1S/C20H33N3O/c1-17-7-6-8-18(15-17)9-13-22-19(21-2)23-16-20(12-14-24-3)10-4-5-11-20/h6-8,15H,4-5,9-14,16H2,1-3H3,(H2,21,22,23). The van der Waals surface area contributed by atoms with Crippen LogP contribution >= 0.6 is 0 Å². The Kier molecular flexibility index (Phi) is 7.57. The van der Waals surface area contributed by atoms with Crippen LogP contribution in [0.15, 0.2) is 29.3 Å². The lowest BCUT2D eigenvalue weighted by Crippen LogP contribution is -2.43. The van der Waals surface area contributed by atoms with E-state index in [2.05, 4.69) is 46.8 Å². The summed E-state index contributed by atoms with van der Waals surface area (Å²) in [4.78, 5) is 4.37. The van der Waals surface area contributed by atoms with E-state index in [0.717, 1.165) is 38.5 Å². The minimum Gasteiger partial charge on any atom is -0.385 e. The Hall–Kier alpha value is -1.55. The molecule has 4 nitrogen and oxygen atoms in total. The molecule has 0 atom stereocenters. The maximum atomic E-state index is 5.31. The van der Waals surface area contributed by atoms with Gasteiger partial charge in [-0.2, -0.15) is 0 Å². The number of rotatable bonds is 8. The molecule has 1 fully saturated rings. The Morgan fingerprint density at radius 3 is 2.71 bits per heavy atom. The van der Waals surface area contributed by atoms with Gasteiger partial charge in [0, 0.05) is 33.9 Å². The SMILES string of the molecule is CN=C(NCCc1cccc(C)c1)NCC1(CCOC)CCCC1. The van der Waals surface area contributed by atoms with Gasteiger partial charge < -0.3 is 15.4 Å². The number of benzene rings is 1. The maximum Gasteiger partial charge on any atom is 0.191 e. The van der Waals surface area contributed by atoms with Crippen molar-refractivity contribution in [2.45, 2.75) is 45.4 Å². The molecule has 1 saturated carbocycles. The average Bonchev–Trinajstić information content (AvgIpc) is 3.05. The van der Waals surface area contributed by atoms with Crippen molar-refractivity contribution in [2.75, 3.05) is 33.9 Å². The summed E-state index contributed by atoms with van der Waals surface area (Å²) >= 11 is 0. The third kappa shape index (κ3) is 5.82. The van der Waals surface area contributed by atoms with E-state index < -0.39 is 0 Å². The van der Waals surface area contributed by atoms with Crippen molar-refractivity contribution in [1.82, 2.24) is 10.6 Å². The van der Waals surface area contributed by atoms with E-state index in [-0.39, 0.29) is 0 Å². The quantitative estimate of drug-likeness (QED) is 0.567. The average molecular weight is 332 g/mol. The summed E-state index contributed by atoms with van der Waals surface area (Å²) in [5.41, 5.74) is 3.06. The summed E-state index contributed by atoms with van der Waals surface area (Å²) < 4.78 is 5.31. The minimum absolute atomic E-state index is 0.379. The molecule has 1 aromatic carbocycles. The summed E-state index contributed by atoms with van der Waals surface area (Å²) in [7, 11) is 3.64. The van der Waals surface area contributed by atoms with Crippen LogP contribution in [0.25, 0.3) is 0 Å². The third-order valence-corrected chi connectivity index (χ3v) is 5.14. The van der Waals surface area contributed by atoms with Crippen molar-refractivity contribution in [2.24, 2.45) is 10.4 Å². The molecule has 0 saturated heterocycles. The van der Waals surface area contributed by atoms with E-state index in [1.165, 1.54) is 36.8 Å². The molecule has 1 aliphatic rings. The van der Waals surface area contributed by atoms with E-state index in [0.29, 0.717) is 5.41 Å². The van der Waals surface area contributed by atoms with Crippen LogP contribution in [-0.2, 0) is 11.2 Å². The van der Waals surface area contributed by atoms with E-state index in [1.807, 2.05) is 7.05 Å². The summed E-state index contributed by atoms with van der Waals surface area (Å²) in [6.07, 6.45) is 7.41. The lowest BCUT2D eigenvalue weighted by Gasteiger charge is -2.30. The summed E-state index contributed by atoms with van der Waals surface area (Å²) in [5, 5.41) is 6.98. The Balaban J connectivity index is 1.77. The fourth-order valence-corrected chi connectivity index (χ4v) is 3.64. The minimum atomic E-state index is 0.379. The molecule has 0 amide bonds. The van der Waals surface area contributed by atoms with Gasteiger partial charge in [0.1, 0.15) is 0 Å². The smallest absolute Gasteiger partial charge is 0.191 e. The van der Waals surface area contributed by atoms with Gasteiger partial charge in [-0.1, -0.05) is 42.7 Å². The number of hydrogen-bond acceptors (Lipinski definition) is 2. The number of ether oxygens (including phenoxy) is 1. The number of nitrogens with zero attached hydrogens (tertiary/aromatic N) is 1. The first kappa shape index (κ1) is 18.8. The summed E-state index contributed by atoms with van der Waals surface area (Å²) in [5.74, 6) is 0.909. The Morgan fingerprint density at radius 2 is 2.04 bits per heavy atom. The molecule has 134 valence electrons. The largest absolute Gasteiger partial charge is 0.385 e. The molecule has 0 aliphatic heterocycles. The van der Waals surface area contributed by atoms with Crippen LogP contribution in [0.5, 0.6) is 0 Å². The first-order valence-corrected chi connectivity index (χ1v) is 9.16. The summed E-state index contributed by atoms with van der Waals surface area (Å²) in [6, 6.07) is 8.69. The zero-order chi connectivity index (χ0) is 17.3. The van der Waals surface area contributed by atoms with Gasteiger partial charge in [-0.15, -0.1) is 0 Å². The normalized spacial score (nSPS) is 17.0. The first-order chi connectivity index (χ1) is 11.7. The molecule has 1 aromatic rings. The van der Waals surface area contributed by atoms with Gasteiger partial charge in [-0.3, -0.25) is 4.99 Å². The van der Waals surface area contributed by atoms with Crippen LogP contribution < -0.4 is 10.6 Å². The number of guanidine groups is 1. The Morgan fingerprint density at radius 1 is 1.25 bits per heavy atom. The zero-order valence-electron chi connectivity index (χ0n) is 15.5. The van der Waals surface area contributed by atoms with Crippen molar-refractivity contribution in [1.29, 1.82) is 0 Å². The van der Waals surface area contributed by atoms with Crippen LogP contribution in [0, 0.1) is 12.3 Å². The highest BCUT2D eigenvalue weighted by molar-refractivity contribution is 5.79. The van der Waals surface area contributed by atoms with Gasteiger partial charge in [0.05, 0.1) is 0 Å². The number of hydrogen-bond donors (Lipinski definition) is 2. The molecule has 0 spiro atoms. The summed E-state index contributed by atoms with van der Waals surface area (Å²) in [6.45, 7) is 4.87. The van der Waals surface area contributed by atoms with Gasteiger partial charge in [-0.05, 0) is 43.6 Å². The predicted molar refractivity (Wildman–Crippen MR) is 102 cm³/mol. The molecule has 2 N–H and O–H groups in total. The molecule has 1 aliphatic carbocycles. The van der Waals surface area contributed by atoms with E-state index in [9.17, 15) is 0 Å². The Labute approximate surface area is 147 Å². The fourth-order valence-electron chi connectivity index (χ4n) is 3.64. The molecular weight excluding hydrogens is 298 g/mol. The highest BCUT2D eigenvalue weighted by Crippen LogP contribution is 2.40. The second kappa shape index (κ2) is 9.67. The van der Waals surface area contributed by atoms with Crippen LogP contribution in [-0.4, -0.2) is 39.8 Å². The van der Waals surface area contributed by atoms with Gasteiger partial charge in [0.2, 0.25) is 0 Å². The molecule has 0 radical (unpaired) electrons. The second-order valence-corrected chi connectivity index (χ2v) is 7.04. The highest BCUT2D eigenvalue weighted by atomic mass is 16.5. The van der Waals surface area contributed by atoms with E-state index in [4.69, 9.17) is 4.74 Å². The van der Waals surface area contributed by atoms with Crippen molar-refractivity contribution >= 4 is 5.96 Å². The van der Waals surface area contributed by atoms with Gasteiger partial charge in [0.25, 0.3) is 0 Å². The fraction of sp³-hybridized carbons (Fsp3) is 0.650. The third-order valence-electron chi connectivity index (χ3n) is 5.14. The predicted octanol–water partition coefficient (Wildman–Crippen LogP) is 3.30. The molecule has 0 heterocycles. The van der Waals surface area contributed by atoms with Crippen LogP contribution in [0.1, 0.15) is 43.2 Å². The molecular formula is C20H33N3O. The van der Waals surface area contributed by atoms with Crippen molar-refractivity contribution < 1.29 is 4.74 Å². The number of aliphatic imine (C=N–C) groups is 1. The highest BCUT2D eigenvalue weighted by Gasteiger charge is 2.33. The second-order valence-electron chi connectivity index (χ2n) is 7.04. The first-order valence-electron chi connectivity index (χ1n) is 9.16. The van der Waals surface area contributed by atoms with Crippen molar-refractivity contribution in [3.63, 3.8) is 0 Å². The van der Waals surface area contributed by atoms with Crippen molar-refractivity contribution in [3.05, 3.63) is 35.4 Å². The molecule has 2 rings (SSSR count). The number of methoxy groups -OCH3 is 1. The van der Waals surface area contributed by atoms with Crippen LogP contribution in [0.3, 0.4) is 0 Å². The van der Waals surface area contributed by atoms with Crippen LogP contribution in [0.4, 0.5) is 0 Å². The lowest BCUT2D eigenvalue weighted by atomic mass is 9.83. The number of aryl methyl sites for hydroxylation is 1. The van der Waals surface area contributed by atoms with Gasteiger partial charge >= 0.3 is 0 Å². The van der Waals surface area contributed by atoms with E-state index >= 15 is 0 Å². The molecule has 4 heteroatoms. The monoisotopic (exact) mass is 331 g/mol. The topological polar surface area (TPSA) is 45.7 Å². The number of nitrogens with one attached hydrogen (secondary N) is 2. The molecule has 24 heavy (non-hydrogen) atoms. The lowest BCUT2D eigenvalue weighted by molar-refractivity contribution is 0.138. The van der Waals surface area contributed by atoms with Crippen LogP contribution in [0.2, 0.25) is 0 Å². The molecule has 0 bridgehead atoms. The Bertz CT molecular complexity index is 521.